The molecule has 0 spiro atoms. The molecule has 0 heterocycles. The maximum absolute atomic E-state index is 12.5. The molecule has 0 bridgehead atoms. The van der Waals surface area contributed by atoms with Gasteiger partial charge in [0.15, 0.2) is 6.10 Å². The molecule has 2 aromatic rings. The molecule has 0 aliphatic rings. The lowest BCUT2D eigenvalue weighted by atomic mass is 10.0. The number of halogens is 3. The minimum atomic E-state index is -4.67. The number of aryl methyl sites for hydroxylation is 1. The van der Waals surface area contributed by atoms with E-state index < -0.39 is 12.3 Å². The molecule has 0 aromatic heterocycles. The van der Waals surface area contributed by atoms with Crippen molar-refractivity contribution in [1.82, 2.24) is 0 Å². The van der Waals surface area contributed by atoms with E-state index in [4.69, 9.17) is 4.74 Å². The van der Waals surface area contributed by atoms with Crippen molar-refractivity contribution < 1.29 is 23.0 Å². The van der Waals surface area contributed by atoms with E-state index in [1.165, 1.54) is 25.1 Å². The third-order valence-electron chi connectivity index (χ3n) is 3.09. The van der Waals surface area contributed by atoms with Crippen LogP contribution >= 0.6 is 0 Å². The standard InChI is InChI=1S/C16H15F3O2/c1-11-9-13(21-10-12-5-3-2-4-6-12)7-8-14(11)15(20)16(17,18)19/h2-9,15,20H,10H2,1H3. The summed E-state index contributed by atoms with van der Waals surface area (Å²) in [7, 11) is 0. The summed E-state index contributed by atoms with van der Waals surface area (Å²) in [5, 5.41) is 9.27. The van der Waals surface area contributed by atoms with E-state index in [1.54, 1.807) is 0 Å². The molecule has 0 radical (unpaired) electrons. The fourth-order valence-corrected chi connectivity index (χ4v) is 1.96. The van der Waals surface area contributed by atoms with Crippen LogP contribution in [-0.4, -0.2) is 11.3 Å². The average Bonchev–Trinajstić information content (AvgIpc) is 2.45. The zero-order chi connectivity index (χ0) is 15.5. The molecule has 0 saturated heterocycles. The summed E-state index contributed by atoms with van der Waals surface area (Å²) in [5.74, 6) is 0.467. The molecule has 21 heavy (non-hydrogen) atoms. The van der Waals surface area contributed by atoms with Crippen LogP contribution in [0.15, 0.2) is 48.5 Å². The number of hydrogen-bond acceptors (Lipinski definition) is 2. The smallest absolute Gasteiger partial charge is 0.418 e. The normalized spacial score (nSPS) is 13.0. The molecule has 0 amide bonds. The van der Waals surface area contributed by atoms with Crippen LogP contribution in [0.25, 0.3) is 0 Å². The molecular formula is C16H15F3O2. The predicted molar refractivity (Wildman–Crippen MR) is 73.0 cm³/mol. The lowest BCUT2D eigenvalue weighted by molar-refractivity contribution is -0.206. The Morgan fingerprint density at radius 3 is 2.33 bits per heavy atom. The fraction of sp³-hybridized carbons (Fsp3) is 0.250. The Morgan fingerprint density at radius 2 is 1.76 bits per heavy atom. The summed E-state index contributed by atoms with van der Waals surface area (Å²) in [5.41, 5.74) is 1.15. The first kappa shape index (κ1) is 15.4. The van der Waals surface area contributed by atoms with Crippen molar-refractivity contribution >= 4 is 0 Å². The summed E-state index contributed by atoms with van der Waals surface area (Å²) >= 11 is 0. The van der Waals surface area contributed by atoms with Crippen LogP contribution in [0.2, 0.25) is 0 Å². The molecule has 0 fully saturated rings. The average molecular weight is 296 g/mol. The maximum Gasteiger partial charge on any atom is 0.418 e. The van der Waals surface area contributed by atoms with E-state index in [9.17, 15) is 18.3 Å². The van der Waals surface area contributed by atoms with Gasteiger partial charge in [0, 0.05) is 0 Å². The lowest BCUT2D eigenvalue weighted by Gasteiger charge is -2.17. The molecule has 2 aromatic carbocycles. The summed E-state index contributed by atoms with van der Waals surface area (Å²) < 4.78 is 43.0. The monoisotopic (exact) mass is 296 g/mol. The number of benzene rings is 2. The van der Waals surface area contributed by atoms with E-state index in [-0.39, 0.29) is 5.56 Å². The van der Waals surface area contributed by atoms with Crippen molar-refractivity contribution in [3.8, 4) is 5.75 Å². The van der Waals surface area contributed by atoms with Gasteiger partial charge in [0.25, 0.3) is 0 Å². The lowest BCUT2D eigenvalue weighted by Crippen LogP contribution is -2.21. The molecule has 0 saturated carbocycles. The van der Waals surface area contributed by atoms with E-state index in [1.807, 2.05) is 30.3 Å². The molecule has 5 heteroatoms. The number of hydrogen-bond donors (Lipinski definition) is 1. The summed E-state index contributed by atoms with van der Waals surface area (Å²) in [6.07, 6.45) is -7.14. The third kappa shape index (κ3) is 3.98. The Labute approximate surface area is 120 Å². The van der Waals surface area contributed by atoms with Crippen molar-refractivity contribution in [2.45, 2.75) is 25.8 Å². The molecule has 1 unspecified atom stereocenters. The zero-order valence-corrected chi connectivity index (χ0v) is 11.4. The van der Waals surface area contributed by atoms with Crippen LogP contribution in [0.1, 0.15) is 22.8 Å². The predicted octanol–water partition coefficient (Wildman–Crippen LogP) is 4.17. The minimum Gasteiger partial charge on any atom is -0.489 e. The van der Waals surface area contributed by atoms with Crippen molar-refractivity contribution in [2.24, 2.45) is 0 Å². The number of aliphatic hydroxyl groups excluding tert-OH is 1. The first-order valence-electron chi connectivity index (χ1n) is 6.40. The summed E-state index contributed by atoms with van der Waals surface area (Å²) in [4.78, 5) is 0. The molecule has 0 aliphatic carbocycles. The van der Waals surface area contributed by atoms with Gasteiger partial charge in [-0.1, -0.05) is 36.4 Å². The molecular weight excluding hydrogens is 281 g/mol. The SMILES string of the molecule is Cc1cc(OCc2ccccc2)ccc1C(O)C(F)(F)F. The van der Waals surface area contributed by atoms with E-state index in [2.05, 4.69) is 0 Å². The Hall–Kier alpha value is -2.01. The maximum atomic E-state index is 12.5. The zero-order valence-electron chi connectivity index (χ0n) is 11.4. The highest BCUT2D eigenvalue weighted by molar-refractivity contribution is 5.36. The Morgan fingerprint density at radius 1 is 1.10 bits per heavy atom. The van der Waals surface area contributed by atoms with Gasteiger partial charge >= 0.3 is 6.18 Å². The minimum absolute atomic E-state index is 0.158. The molecule has 2 rings (SSSR count). The van der Waals surface area contributed by atoms with Crippen LogP contribution in [-0.2, 0) is 6.61 Å². The van der Waals surface area contributed by atoms with Gasteiger partial charge in [0.2, 0.25) is 0 Å². The van der Waals surface area contributed by atoms with E-state index in [0.29, 0.717) is 17.9 Å². The van der Waals surface area contributed by atoms with Crippen molar-refractivity contribution in [2.75, 3.05) is 0 Å². The Bertz CT molecular complexity index is 594. The van der Waals surface area contributed by atoms with Crippen molar-refractivity contribution in [3.05, 3.63) is 65.2 Å². The van der Waals surface area contributed by atoms with Gasteiger partial charge < -0.3 is 9.84 Å². The molecule has 1 atom stereocenters. The van der Waals surface area contributed by atoms with Gasteiger partial charge in [0.1, 0.15) is 12.4 Å². The van der Waals surface area contributed by atoms with Gasteiger partial charge in [-0.15, -0.1) is 0 Å². The second kappa shape index (κ2) is 6.18. The van der Waals surface area contributed by atoms with Gasteiger partial charge in [-0.2, -0.15) is 13.2 Å². The second-order valence-electron chi connectivity index (χ2n) is 4.74. The Balaban J connectivity index is 2.09. The third-order valence-corrected chi connectivity index (χ3v) is 3.09. The van der Waals surface area contributed by atoms with Gasteiger partial charge in [-0.25, -0.2) is 0 Å². The van der Waals surface area contributed by atoms with Gasteiger partial charge in [0.05, 0.1) is 0 Å². The van der Waals surface area contributed by atoms with E-state index >= 15 is 0 Å². The number of rotatable bonds is 4. The van der Waals surface area contributed by atoms with Crippen molar-refractivity contribution in [3.63, 3.8) is 0 Å². The highest BCUT2D eigenvalue weighted by Crippen LogP contribution is 2.35. The Kier molecular flexibility index (Phi) is 4.53. The van der Waals surface area contributed by atoms with Gasteiger partial charge in [-0.05, 0) is 35.7 Å². The molecule has 1 N–H and O–H groups in total. The van der Waals surface area contributed by atoms with Gasteiger partial charge in [-0.3, -0.25) is 0 Å². The topological polar surface area (TPSA) is 29.5 Å². The van der Waals surface area contributed by atoms with Crippen LogP contribution in [0.5, 0.6) is 5.75 Å². The first-order valence-corrected chi connectivity index (χ1v) is 6.40. The number of ether oxygens (including phenoxy) is 1. The fourth-order valence-electron chi connectivity index (χ4n) is 1.96. The molecule has 2 nitrogen and oxygen atoms in total. The van der Waals surface area contributed by atoms with E-state index in [0.717, 1.165) is 5.56 Å². The second-order valence-corrected chi connectivity index (χ2v) is 4.74. The molecule has 0 aliphatic heterocycles. The van der Waals surface area contributed by atoms with Crippen LogP contribution in [0.3, 0.4) is 0 Å². The number of alkyl halides is 3. The van der Waals surface area contributed by atoms with Crippen LogP contribution in [0.4, 0.5) is 13.2 Å². The van der Waals surface area contributed by atoms with Crippen molar-refractivity contribution in [1.29, 1.82) is 0 Å². The summed E-state index contributed by atoms with van der Waals surface area (Å²) in [6.45, 7) is 1.85. The quantitative estimate of drug-likeness (QED) is 0.917. The highest BCUT2D eigenvalue weighted by Gasteiger charge is 2.40. The number of aliphatic hydroxyl groups is 1. The largest absolute Gasteiger partial charge is 0.489 e. The highest BCUT2D eigenvalue weighted by atomic mass is 19.4. The van der Waals surface area contributed by atoms with Crippen LogP contribution < -0.4 is 4.74 Å². The van der Waals surface area contributed by atoms with Crippen LogP contribution in [0, 0.1) is 6.92 Å². The first-order chi connectivity index (χ1) is 9.88. The molecule has 112 valence electrons. The summed E-state index contributed by atoms with van der Waals surface area (Å²) in [6, 6.07) is 13.6.